The number of benzene rings is 1. The normalized spacial score (nSPS) is 17.3. The molecule has 0 aliphatic carbocycles. The number of amides is 2. The fourth-order valence-electron chi connectivity index (χ4n) is 3.14. The van der Waals surface area contributed by atoms with E-state index in [0.717, 1.165) is 22.5 Å². The SMILES string of the molecule is CC(=O)NC(C(=O)N1CCN(S(=O)(=O)c2ccccc2C(F)(F)F)CC1)C(C)C. The van der Waals surface area contributed by atoms with E-state index in [2.05, 4.69) is 5.32 Å². The molecule has 1 heterocycles. The summed E-state index contributed by atoms with van der Waals surface area (Å²) in [6.07, 6.45) is -4.80. The van der Waals surface area contributed by atoms with Crippen LogP contribution < -0.4 is 5.32 Å². The highest BCUT2D eigenvalue weighted by Crippen LogP contribution is 2.35. The predicted octanol–water partition coefficient (Wildman–Crippen LogP) is 1.70. The van der Waals surface area contributed by atoms with E-state index < -0.39 is 32.7 Å². The Labute approximate surface area is 167 Å². The lowest BCUT2D eigenvalue weighted by Crippen LogP contribution is -2.56. The first-order valence-corrected chi connectivity index (χ1v) is 10.5. The van der Waals surface area contributed by atoms with Gasteiger partial charge in [0.1, 0.15) is 6.04 Å². The van der Waals surface area contributed by atoms with Gasteiger partial charge in [-0.2, -0.15) is 17.5 Å². The van der Waals surface area contributed by atoms with Crippen LogP contribution >= 0.6 is 0 Å². The molecule has 29 heavy (non-hydrogen) atoms. The number of alkyl halides is 3. The lowest BCUT2D eigenvalue weighted by atomic mass is 10.0. The molecule has 1 aromatic rings. The van der Waals surface area contributed by atoms with Crippen LogP contribution in [0.25, 0.3) is 0 Å². The summed E-state index contributed by atoms with van der Waals surface area (Å²) in [5.74, 6) is -0.878. The number of carbonyl (C=O) groups is 2. The van der Waals surface area contributed by atoms with Crippen LogP contribution in [0.4, 0.5) is 13.2 Å². The van der Waals surface area contributed by atoms with Gasteiger partial charge >= 0.3 is 6.18 Å². The zero-order valence-corrected chi connectivity index (χ0v) is 17.2. The standard InChI is InChI=1S/C18H24F3N3O4S/c1-12(2)16(22-13(3)25)17(26)23-8-10-24(11-9-23)29(27,28)15-7-5-4-6-14(15)18(19,20)21/h4-7,12,16H,8-11H2,1-3H3,(H,22,25). The fraction of sp³-hybridized carbons (Fsp3) is 0.556. The van der Waals surface area contributed by atoms with Crippen LogP contribution in [0.3, 0.4) is 0 Å². The van der Waals surface area contributed by atoms with Gasteiger partial charge in [0.15, 0.2) is 0 Å². The molecule has 1 aliphatic rings. The highest BCUT2D eigenvalue weighted by atomic mass is 32.2. The summed E-state index contributed by atoms with van der Waals surface area (Å²) in [7, 11) is -4.37. The molecule has 2 amide bonds. The maximum atomic E-state index is 13.2. The van der Waals surface area contributed by atoms with E-state index in [-0.39, 0.29) is 43.9 Å². The van der Waals surface area contributed by atoms with Crippen LogP contribution in [-0.4, -0.2) is 61.7 Å². The summed E-state index contributed by atoms with van der Waals surface area (Å²) >= 11 is 0. The molecule has 0 bridgehead atoms. The molecule has 11 heteroatoms. The maximum absolute atomic E-state index is 13.2. The Morgan fingerprint density at radius 3 is 2.10 bits per heavy atom. The minimum Gasteiger partial charge on any atom is -0.344 e. The first-order chi connectivity index (χ1) is 13.4. The molecule has 1 N–H and O–H groups in total. The van der Waals surface area contributed by atoms with Crippen molar-refractivity contribution < 1.29 is 31.2 Å². The van der Waals surface area contributed by atoms with Gasteiger partial charge in [-0.15, -0.1) is 0 Å². The first-order valence-electron chi connectivity index (χ1n) is 9.08. The van der Waals surface area contributed by atoms with Crippen LogP contribution in [0.5, 0.6) is 0 Å². The second kappa shape index (κ2) is 8.70. The smallest absolute Gasteiger partial charge is 0.344 e. The Morgan fingerprint density at radius 2 is 1.62 bits per heavy atom. The van der Waals surface area contributed by atoms with E-state index in [1.54, 1.807) is 13.8 Å². The number of nitrogens with one attached hydrogen (secondary N) is 1. The lowest BCUT2D eigenvalue weighted by molar-refractivity contribution is -0.140. The van der Waals surface area contributed by atoms with Crippen molar-refractivity contribution in [3.63, 3.8) is 0 Å². The van der Waals surface area contributed by atoms with E-state index in [0.29, 0.717) is 0 Å². The van der Waals surface area contributed by atoms with Crippen LogP contribution in [0.15, 0.2) is 29.2 Å². The molecule has 1 unspecified atom stereocenters. The topological polar surface area (TPSA) is 86.8 Å². The van der Waals surface area contributed by atoms with Crippen molar-refractivity contribution in [2.75, 3.05) is 26.2 Å². The van der Waals surface area contributed by atoms with Gasteiger partial charge in [-0.05, 0) is 18.1 Å². The molecule has 0 radical (unpaired) electrons. The van der Waals surface area contributed by atoms with E-state index in [9.17, 15) is 31.2 Å². The molecular formula is C18H24F3N3O4S. The number of piperazine rings is 1. The second-order valence-corrected chi connectivity index (χ2v) is 9.05. The molecular weight excluding hydrogens is 411 g/mol. The molecule has 162 valence electrons. The quantitative estimate of drug-likeness (QED) is 0.763. The molecule has 1 aliphatic heterocycles. The van der Waals surface area contributed by atoms with Crippen molar-refractivity contribution in [3.05, 3.63) is 29.8 Å². The fourth-order valence-corrected chi connectivity index (χ4v) is 4.78. The van der Waals surface area contributed by atoms with Crippen molar-refractivity contribution in [3.8, 4) is 0 Å². The van der Waals surface area contributed by atoms with Gasteiger partial charge in [0, 0.05) is 33.1 Å². The van der Waals surface area contributed by atoms with E-state index in [1.807, 2.05) is 0 Å². The third-order valence-corrected chi connectivity index (χ3v) is 6.61. The maximum Gasteiger partial charge on any atom is 0.417 e. The first kappa shape index (κ1) is 23.1. The monoisotopic (exact) mass is 435 g/mol. The summed E-state index contributed by atoms with van der Waals surface area (Å²) in [5.41, 5.74) is -1.22. The van der Waals surface area contributed by atoms with Crippen molar-refractivity contribution in [1.82, 2.24) is 14.5 Å². The van der Waals surface area contributed by atoms with Crippen LogP contribution in [0.2, 0.25) is 0 Å². The van der Waals surface area contributed by atoms with Crippen LogP contribution in [0, 0.1) is 5.92 Å². The molecule has 1 fully saturated rings. The number of nitrogens with zero attached hydrogens (tertiary/aromatic N) is 2. The molecule has 1 aromatic carbocycles. The van der Waals surface area contributed by atoms with Crippen LogP contribution in [-0.2, 0) is 25.8 Å². The Bertz CT molecular complexity index is 863. The van der Waals surface area contributed by atoms with Crippen molar-refractivity contribution in [2.24, 2.45) is 5.92 Å². The summed E-state index contributed by atoms with van der Waals surface area (Å²) in [4.78, 5) is 24.6. The third kappa shape index (κ3) is 5.27. The van der Waals surface area contributed by atoms with Gasteiger partial charge < -0.3 is 10.2 Å². The largest absolute Gasteiger partial charge is 0.417 e. The number of rotatable bonds is 5. The number of carbonyl (C=O) groups excluding carboxylic acids is 2. The lowest BCUT2D eigenvalue weighted by Gasteiger charge is -2.36. The van der Waals surface area contributed by atoms with Gasteiger partial charge in [0.05, 0.1) is 10.5 Å². The van der Waals surface area contributed by atoms with Crippen molar-refractivity contribution >= 4 is 21.8 Å². The average molecular weight is 435 g/mol. The number of hydrogen-bond acceptors (Lipinski definition) is 4. The van der Waals surface area contributed by atoms with Gasteiger partial charge in [-0.1, -0.05) is 26.0 Å². The van der Waals surface area contributed by atoms with Crippen molar-refractivity contribution in [1.29, 1.82) is 0 Å². The molecule has 0 aromatic heterocycles. The minimum absolute atomic E-state index is 0.0229. The molecule has 1 atom stereocenters. The highest BCUT2D eigenvalue weighted by Gasteiger charge is 2.40. The second-order valence-electron chi connectivity index (χ2n) is 7.15. The number of hydrogen-bond donors (Lipinski definition) is 1. The molecule has 0 spiro atoms. The van der Waals surface area contributed by atoms with E-state index >= 15 is 0 Å². The van der Waals surface area contributed by atoms with Gasteiger partial charge in [-0.25, -0.2) is 8.42 Å². The molecule has 7 nitrogen and oxygen atoms in total. The van der Waals surface area contributed by atoms with Gasteiger partial charge in [0.2, 0.25) is 21.8 Å². The number of sulfonamides is 1. The highest BCUT2D eigenvalue weighted by molar-refractivity contribution is 7.89. The summed E-state index contributed by atoms with van der Waals surface area (Å²) in [5, 5.41) is 2.58. The molecule has 2 rings (SSSR count). The Hall–Kier alpha value is -2.14. The Kier molecular flexibility index (Phi) is 6.94. The Morgan fingerprint density at radius 1 is 1.07 bits per heavy atom. The number of halogens is 3. The zero-order valence-electron chi connectivity index (χ0n) is 16.4. The van der Waals surface area contributed by atoms with E-state index in [4.69, 9.17) is 0 Å². The third-order valence-electron chi connectivity index (χ3n) is 4.65. The summed E-state index contributed by atoms with van der Waals surface area (Å²) in [6, 6.07) is 3.28. The van der Waals surface area contributed by atoms with Crippen LogP contribution in [0.1, 0.15) is 26.3 Å². The van der Waals surface area contributed by atoms with Gasteiger partial charge in [-0.3, -0.25) is 9.59 Å². The minimum atomic E-state index is -4.80. The zero-order chi connectivity index (χ0) is 22.0. The molecule has 1 saturated heterocycles. The van der Waals surface area contributed by atoms with E-state index in [1.165, 1.54) is 17.9 Å². The average Bonchev–Trinajstić information content (AvgIpc) is 2.64. The summed E-state index contributed by atoms with van der Waals surface area (Å²) < 4.78 is 66.2. The predicted molar refractivity (Wildman–Crippen MR) is 99.2 cm³/mol. The molecule has 0 saturated carbocycles. The van der Waals surface area contributed by atoms with Gasteiger partial charge in [0.25, 0.3) is 0 Å². The summed E-state index contributed by atoms with van der Waals surface area (Å²) in [6.45, 7) is 4.62. The van der Waals surface area contributed by atoms with Crippen molar-refractivity contribution in [2.45, 2.75) is 37.9 Å². The Balaban J connectivity index is 2.17.